The minimum absolute atomic E-state index is 0.545. The van der Waals surface area contributed by atoms with E-state index < -0.39 is 0 Å². The van der Waals surface area contributed by atoms with Crippen molar-refractivity contribution in [2.75, 3.05) is 33.8 Å². The summed E-state index contributed by atoms with van der Waals surface area (Å²) in [4.78, 5) is 6.37. The number of rotatable bonds is 8. The number of pyridine rings is 1. The van der Waals surface area contributed by atoms with Gasteiger partial charge in [0.05, 0.1) is 6.54 Å². The Morgan fingerprint density at radius 2 is 2.14 bits per heavy atom. The van der Waals surface area contributed by atoms with Crippen molar-refractivity contribution in [2.45, 2.75) is 12.8 Å². The van der Waals surface area contributed by atoms with E-state index in [4.69, 9.17) is 16.3 Å². The number of aliphatic imine (C=N–C) groups is 1. The molecule has 0 aliphatic rings. The van der Waals surface area contributed by atoms with Gasteiger partial charge in [0, 0.05) is 38.3 Å². The van der Waals surface area contributed by atoms with E-state index in [2.05, 4.69) is 20.5 Å². The van der Waals surface area contributed by atoms with Crippen molar-refractivity contribution in [3.63, 3.8) is 0 Å². The van der Waals surface area contributed by atoms with Gasteiger partial charge < -0.3 is 15.0 Å². The third-order valence-electron chi connectivity index (χ3n) is 4.31. The molecular weight excluding hydrogens is 376 g/mol. The summed E-state index contributed by atoms with van der Waals surface area (Å²) in [6.45, 7) is 2.05. The van der Waals surface area contributed by atoms with Crippen LogP contribution in [0.15, 0.2) is 53.7 Å². The number of guanidine groups is 1. The van der Waals surface area contributed by atoms with Crippen molar-refractivity contribution < 1.29 is 4.74 Å². The number of nitrogens with zero attached hydrogens (tertiary/aromatic N) is 5. The van der Waals surface area contributed by atoms with Gasteiger partial charge in [0.2, 0.25) is 0 Å². The lowest BCUT2D eigenvalue weighted by atomic mass is 10.3. The Balaban J connectivity index is 1.40. The van der Waals surface area contributed by atoms with E-state index in [1.54, 1.807) is 7.05 Å². The number of hydrogen-bond donors (Lipinski definition) is 1. The fourth-order valence-corrected chi connectivity index (χ4v) is 3.04. The zero-order chi connectivity index (χ0) is 19.8. The molecule has 0 saturated heterocycles. The van der Waals surface area contributed by atoms with E-state index in [9.17, 15) is 0 Å². The second-order valence-corrected chi connectivity index (χ2v) is 6.79. The summed E-state index contributed by atoms with van der Waals surface area (Å²) in [7, 11) is 3.77. The maximum absolute atomic E-state index is 5.97. The number of hydrogen-bond acceptors (Lipinski definition) is 4. The third-order valence-corrected chi connectivity index (χ3v) is 4.54. The lowest BCUT2D eigenvalue weighted by Crippen LogP contribution is -2.41. The molecule has 0 fully saturated rings. The van der Waals surface area contributed by atoms with Crippen LogP contribution in [-0.2, 0) is 6.42 Å². The molecule has 0 saturated carbocycles. The molecule has 7 nitrogen and oxygen atoms in total. The van der Waals surface area contributed by atoms with Gasteiger partial charge in [0.25, 0.3) is 0 Å². The largest absolute Gasteiger partial charge is 0.492 e. The SMILES string of the molecule is CN=C(NCCCc1nnc2ccccn12)N(C)CCOc1cccc(Cl)c1. The van der Waals surface area contributed by atoms with E-state index in [0.29, 0.717) is 18.2 Å². The van der Waals surface area contributed by atoms with Gasteiger partial charge in [-0.05, 0) is 36.8 Å². The minimum atomic E-state index is 0.545. The third kappa shape index (κ3) is 5.36. The molecule has 2 heterocycles. The number of aryl methyl sites for hydroxylation is 1. The Morgan fingerprint density at radius 1 is 1.25 bits per heavy atom. The van der Waals surface area contributed by atoms with Gasteiger partial charge in [-0.2, -0.15) is 0 Å². The van der Waals surface area contributed by atoms with Crippen LogP contribution in [0.25, 0.3) is 5.65 Å². The molecule has 0 aliphatic heterocycles. The van der Waals surface area contributed by atoms with Crippen LogP contribution < -0.4 is 10.1 Å². The van der Waals surface area contributed by atoms with E-state index >= 15 is 0 Å². The highest BCUT2D eigenvalue weighted by molar-refractivity contribution is 6.30. The molecule has 0 amide bonds. The molecule has 0 aliphatic carbocycles. The lowest BCUT2D eigenvalue weighted by Gasteiger charge is -2.22. The molecule has 3 rings (SSSR count). The fourth-order valence-electron chi connectivity index (χ4n) is 2.86. The molecule has 3 aromatic rings. The normalized spacial score (nSPS) is 11.6. The van der Waals surface area contributed by atoms with E-state index in [1.807, 2.05) is 65.0 Å². The fraction of sp³-hybridized carbons (Fsp3) is 0.350. The molecule has 0 atom stereocenters. The number of ether oxygens (including phenoxy) is 1. The molecule has 0 spiro atoms. The zero-order valence-electron chi connectivity index (χ0n) is 16.2. The van der Waals surface area contributed by atoms with Crippen LogP contribution >= 0.6 is 11.6 Å². The monoisotopic (exact) mass is 400 g/mol. The molecule has 148 valence electrons. The Kier molecular flexibility index (Phi) is 7.08. The van der Waals surface area contributed by atoms with Gasteiger partial charge in [0.1, 0.15) is 18.2 Å². The highest BCUT2D eigenvalue weighted by atomic mass is 35.5. The average molecular weight is 401 g/mol. The predicted molar refractivity (Wildman–Crippen MR) is 112 cm³/mol. The van der Waals surface area contributed by atoms with E-state index in [1.165, 1.54) is 0 Å². The zero-order valence-corrected chi connectivity index (χ0v) is 16.9. The van der Waals surface area contributed by atoms with Crippen LogP contribution in [0.5, 0.6) is 5.75 Å². The first kappa shape index (κ1) is 19.9. The van der Waals surface area contributed by atoms with Crippen LogP contribution in [0.4, 0.5) is 0 Å². The molecule has 0 radical (unpaired) electrons. The summed E-state index contributed by atoms with van der Waals surface area (Å²) in [6, 6.07) is 13.3. The first-order chi connectivity index (χ1) is 13.7. The smallest absolute Gasteiger partial charge is 0.193 e. The molecule has 0 bridgehead atoms. The predicted octanol–water partition coefficient (Wildman–Crippen LogP) is 2.90. The van der Waals surface area contributed by atoms with Gasteiger partial charge in [-0.1, -0.05) is 23.7 Å². The molecule has 1 aromatic carbocycles. The second kappa shape index (κ2) is 9.94. The molecule has 0 unspecified atom stereocenters. The molecule has 1 N–H and O–H groups in total. The molecule has 28 heavy (non-hydrogen) atoms. The lowest BCUT2D eigenvalue weighted by molar-refractivity contribution is 0.281. The standard InChI is InChI=1S/C20H25ClN6O/c1-22-20(26(2)13-14-28-17-8-5-7-16(21)15-17)23-11-6-10-19-25-24-18-9-3-4-12-27(18)19/h3-5,7-9,12,15H,6,10-11,13-14H2,1-2H3,(H,22,23). The average Bonchev–Trinajstić information content (AvgIpc) is 3.11. The Hall–Kier alpha value is -2.80. The molecular formula is C20H25ClN6O. The highest BCUT2D eigenvalue weighted by Crippen LogP contribution is 2.16. The summed E-state index contributed by atoms with van der Waals surface area (Å²) in [5, 5.41) is 12.5. The van der Waals surface area contributed by atoms with Crippen molar-refractivity contribution in [1.82, 2.24) is 24.8 Å². The molecule has 8 heteroatoms. The summed E-state index contributed by atoms with van der Waals surface area (Å²) in [5.41, 5.74) is 0.876. The van der Waals surface area contributed by atoms with Crippen molar-refractivity contribution in [1.29, 1.82) is 0 Å². The number of fused-ring (bicyclic) bond motifs is 1. The van der Waals surface area contributed by atoms with Gasteiger partial charge in [-0.15, -0.1) is 10.2 Å². The maximum Gasteiger partial charge on any atom is 0.193 e. The van der Waals surface area contributed by atoms with Crippen LogP contribution in [0, 0.1) is 0 Å². The Bertz CT molecular complexity index is 926. The number of halogens is 1. The first-order valence-electron chi connectivity index (χ1n) is 9.26. The van der Waals surface area contributed by atoms with Gasteiger partial charge in [0.15, 0.2) is 11.6 Å². The van der Waals surface area contributed by atoms with Gasteiger partial charge in [-0.25, -0.2) is 0 Å². The van der Waals surface area contributed by atoms with E-state index in [-0.39, 0.29) is 0 Å². The Morgan fingerprint density at radius 3 is 2.96 bits per heavy atom. The van der Waals surface area contributed by atoms with Crippen LogP contribution in [-0.4, -0.2) is 59.2 Å². The van der Waals surface area contributed by atoms with Gasteiger partial charge >= 0.3 is 0 Å². The van der Waals surface area contributed by atoms with Crippen molar-refractivity contribution in [3.8, 4) is 5.75 Å². The van der Waals surface area contributed by atoms with Gasteiger partial charge in [-0.3, -0.25) is 9.39 Å². The number of aromatic nitrogens is 3. The number of nitrogens with one attached hydrogen (secondary N) is 1. The first-order valence-corrected chi connectivity index (χ1v) is 9.64. The van der Waals surface area contributed by atoms with Crippen LogP contribution in [0.1, 0.15) is 12.2 Å². The van der Waals surface area contributed by atoms with Crippen LogP contribution in [0.2, 0.25) is 5.02 Å². The summed E-state index contributed by atoms with van der Waals surface area (Å²) in [6.07, 6.45) is 3.77. The number of benzene rings is 1. The minimum Gasteiger partial charge on any atom is -0.492 e. The second-order valence-electron chi connectivity index (χ2n) is 6.35. The summed E-state index contributed by atoms with van der Waals surface area (Å²) >= 11 is 5.97. The van der Waals surface area contributed by atoms with Crippen LogP contribution in [0.3, 0.4) is 0 Å². The topological polar surface area (TPSA) is 67.0 Å². The Labute approximate surface area is 170 Å². The van der Waals surface area contributed by atoms with Crippen molar-refractivity contribution in [2.24, 2.45) is 4.99 Å². The number of likely N-dealkylation sites (N-methyl/N-ethyl adjacent to an activating group) is 1. The maximum atomic E-state index is 5.97. The summed E-state index contributed by atoms with van der Waals surface area (Å²) < 4.78 is 7.76. The highest BCUT2D eigenvalue weighted by Gasteiger charge is 2.07. The quantitative estimate of drug-likeness (QED) is 0.358. The summed E-state index contributed by atoms with van der Waals surface area (Å²) in [5.74, 6) is 2.57. The van der Waals surface area contributed by atoms with Crippen molar-refractivity contribution >= 4 is 23.2 Å². The van der Waals surface area contributed by atoms with E-state index in [0.717, 1.165) is 42.6 Å². The molecule has 2 aromatic heterocycles. The van der Waals surface area contributed by atoms with Crippen molar-refractivity contribution in [3.05, 3.63) is 59.5 Å².